The van der Waals surface area contributed by atoms with Gasteiger partial charge in [0.15, 0.2) is 23.9 Å². The number of ether oxygens (including phenoxy) is 3. The Morgan fingerprint density at radius 1 is 1.17 bits per heavy atom. The number of anilines is 1. The number of amides is 1. The maximum atomic E-state index is 12.5. The summed E-state index contributed by atoms with van der Waals surface area (Å²) in [5.74, 6) is 0.0587. The van der Waals surface area contributed by atoms with Crippen LogP contribution in [0.5, 0.6) is 17.2 Å². The first kappa shape index (κ1) is 21.4. The quantitative estimate of drug-likeness (QED) is 0.519. The van der Waals surface area contributed by atoms with E-state index in [0.29, 0.717) is 16.5 Å². The molecule has 1 N–H and O–H groups in total. The van der Waals surface area contributed by atoms with Gasteiger partial charge in [0.2, 0.25) is 0 Å². The molecule has 0 unspecified atom stereocenters. The number of aromatic nitrogens is 2. The number of nitrogens with zero attached hydrogens (tertiary/aromatic N) is 2. The molecule has 1 aromatic heterocycles. The Kier molecular flexibility index (Phi) is 7.08. The number of carbonyl (C=O) groups excluding carboxylic acids is 1. The predicted octanol–water partition coefficient (Wildman–Crippen LogP) is 4.83. The molecular weight excluding hydrogens is 420 g/mol. The molecule has 0 saturated carbocycles. The zero-order chi connectivity index (χ0) is 21.5. The third-order valence-electron chi connectivity index (χ3n) is 3.75. The van der Waals surface area contributed by atoms with E-state index in [-0.39, 0.29) is 30.5 Å². The molecule has 1 amide bonds. The third-order valence-corrected chi connectivity index (χ3v) is 3.99. The third kappa shape index (κ3) is 5.84. The molecule has 0 atom stereocenters. The van der Waals surface area contributed by atoms with Crippen LogP contribution in [0.25, 0.3) is 0 Å². The zero-order valence-electron chi connectivity index (χ0n) is 15.8. The lowest BCUT2D eigenvalue weighted by Gasteiger charge is -2.13. The molecule has 0 spiro atoms. The van der Waals surface area contributed by atoms with E-state index in [9.17, 15) is 13.6 Å². The summed E-state index contributed by atoms with van der Waals surface area (Å²) in [6.45, 7) is -0.951. The number of benzene rings is 2. The van der Waals surface area contributed by atoms with Crippen molar-refractivity contribution in [2.24, 2.45) is 0 Å². The highest BCUT2D eigenvalue weighted by molar-refractivity contribution is 6.30. The summed E-state index contributed by atoms with van der Waals surface area (Å²) in [6.07, 6.45) is 1.59. The molecule has 2 aromatic carbocycles. The molecule has 30 heavy (non-hydrogen) atoms. The van der Waals surface area contributed by atoms with Gasteiger partial charge < -0.3 is 19.5 Å². The SMILES string of the molecule is CCOc1cc(NC(=O)c2ccn(COc3cccc(Cl)c3)n2)ccc1OC(F)F. The minimum Gasteiger partial charge on any atom is -0.490 e. The summed E-state index contributed by atoms with van der Waals surface area (Å²) in [5.41, 5.74) is 0.491. The van der Waals surface area contributed by atoms with E-state index in [4.69, 9.17) is 21.1 Å². The fourth-order valence-corrected chi connectivity index (χ4v) is 2.68. The van der Waals surface area contributed by atoms with Crippen molar-refractivity contribution < 1.29 is 27.8 Å². The topological polar surface area (TPSA) is 74.6 Å². The zero-order valence-corrected chi connectivity index (χ0v) is 16.6. The minimum atomic E-state index is -2.98. The largest absolute Gasteiger partial charge is 0.490 e. The molecule has 158 valence electrons. The fourth-order valence-electron chi connectivity index (χ4n) is 2.49. The molecular formula is C20H18ClF2N3O4. The number of alkyl halides is 2. The van der Waals surface area contributed by atoms with Gasteiger partial charge in [0, 0.05) is 23.0 Å². The van der Waals surface area contributed by atoms with Gasteiger partial charge in [-0.1, -0.05) is 17.7 Å². The molecule has 0 radical (unpaired) electrons. The summed E-state index contributed by atoms with van der Waals surface area (Å²) in [7, 11) is 0. The van der Waals surface area contributed by atoms with Crippen LogP contribution in [0.3, 0.4) is 0 Å². The standard InChI is InChI=1S/C20H18ClF2N3O4/c1-2-28-18-11-14(6-7-17(18)30-20(22)23)24-19(27)16-8-9-26(25-16)12-29-15-5-3-4-13(21)10-15/h3-11,20H,2,12H2,1H3,(H,24,27). The molecule has 3 aromatic rings. The average Bonchev–Trinajstić information content (AvgIpc) is 3.18. The molecule has 1 heterocycles. The van der Waals surface area contributed by atoms with Crippen molar-refractivity contribution in [1.82, 2.24) is 9.78 Å². The Morgan fingerprint density at radius 2 is 2.00 bits per heavy atom. The number of hydrogen-bond acceptors (Lipinski definition) is 5. The second-order valence-corrected chi connectivity index (χ2v) is 6.33. The van der Waals surface area contributed by atoms with Crippen LogP contribution in [0.15, 0.2) is 54.7 Å². The van der Waals surface area contributed by atoms with Crippen LogP contribution in [0.1, 0.15) is 17.4 Å². The van der Waals surface area contributed by atoms with Gasteiger partial charge in [-0.25, -0.2) is 4.68 Å². The van der Waals surface area contributed by atoms with Gasteiger partial charge in [0.05, 0.1) is 6.61 Å². The summed E-state index contributed by atoms with van der Waals surface area (Å²) in [6, 6.07) is 12.5. The van der Waals surface area contributed by atoms with Crippen molar-refractivity contribution in [3.8, 4) is 17.2 Å². The second-order valence-electron chi connectivity index (χ2n) is 5.90. The summed E-state index contributed by atoms with van der Waals surface area (Å²) in [4.78, 5) is 12.4. The number of nitrogens with one attached hydrogen (secondary N) is 1. The van der Waals surface area contributed by atoms with Gasteiger partial charge in [0.25, 0.3) is 5.91 Å². The van der Waals surface area contributed by atoms with E-state index in [1.165, 1.54) is 28.9 Å². The molecule has 0 saturated heterocycles. The minimum absolute atomic E-state index is 0.0851. The smallest absolute Gasteiger partial charge is 0.387 e. The Labute approximate surface area is 176 Å². The first-order valence-electron chi connectivity index (χ1n) is 8.89. The molecule has 0 bridgehead atoms. The van der Waals surface area contributed by atoms with E-state index >= 15 is 0 Å². The highest BCUT2D eigenvalue weighted by Gasteiger charge is 2.14. The molecule has 0 fully saturated rings. The van der Waals surface area contributed by atoms with E-state index in [1.807, 2.05) is 0 Å². The average molecular weight is 438 g/mol. The lowest BCUT2D eigenvalue weighted by molar-refractivity contribution is -0.0514. The maximum Gasteiger partial charge on any atom is 0.387 e. The lowest BCUT2D eigenvalue weighted by Crippen LogP contribution is -2.14. The Morgan fingerprint density at radius 3 is 2.73 bits per heavy atom. The number of rotatable bonds is 9. The monoisotopic (exact) mass is 437 g/mol. The van der Waals surface area contributed by atoms with Crippen LogP contribution in [0, 0.1) is 0 Å². The number of hydrogen-bond donors (Lipinski definition) is 1. The summed E-state index contributed by atoms with van der Waals surface area (Å²) in [5, 5.41) is 7.33. The van der Waals surface area contributed by atoms with Crippen molar-refractivity contribution in [3.63, 3.8) is 0 Å². The Hall–Kier alpha value is -3.33. The first-order chi connectivity index (χ1) is 14.4. The van der Waals surface area contributed by atoms with Crippen LogP contribution < -0.4 is 19.5 Å². The van der Waals surface area contributed by atoms with Gasteiger partial charge in [0.1, 0.15) is 5.75 Å². The van der Waals surface area contributed by atoms with E-state index in [2.05, 4.69) is 15.2 Å². The second kappa shape index (κ2) is 9.93. The number of carbonyl (C=O) groups is 1. The summed E-state index contributed by atoms with van der Waals surface area (Å²) >= 11 is 5.91. The lowest BCUT2D eigenvalue weighted by atomic mass is 10.2. The van der Waals surface area contributed by atoms with Crippen molar-refractivity contribution in [2.75, 3.05) is 11.9 Å². The normalized spacial score (nSPS) is 10.7. The molecule has 10 heteroatoms. The van der Waals surface area contributed by atoms with Gasteiger partial charge in [-0.05, 0) is 43.3 Å². The molecule has 7 nitrogen and oxygen atoms in total. The summed E-state index contributed by atoms with van der Waals surface area (Å²) < 4.78 is 41.7. The van der Waals surface area contributed by atoms with Crippen LogP contribution in [0.2, 0.25) is 5.02 Å². The van der Waals surface area contributed by atoms with Gasteiger partial charge in [-0.15, -0.1) is 0 Å². The van der Waals surface area contributed by atoms with Crippen LogP contribution in [-0.4, -0.2) is 28.9 Å². The van der Waals surface area contributed by atoms with E-state index < -0.39 is 12.5 Å². The van der Waals surface area contributed by atoms with Crippen LogP contribution in [0.4, 0.5) is 14.5 Å². The molecule has 0 aliphatic carbocycles. The number of halogens is 3. The van der Waals surface area contributed by atoms with Crippen molar-refractivity contribution in [3.05, 3.63) is 65.4 Å². The van der Waals surface area contributed by atoms with Crippen molar-refractivity contribution in [1.29, 1.82) is 0 Å². The predicted molar refractivity (Wildman–Crippen MR) is 107 cm³/mol. The van der Waals surface area contributed by atoms with Crippen LogP contribution in [-0.2, 0) is 6.73 Å². The van der Waals surface area contributed by atoms with Gasteiger partial charge >= 0.3 is 6.61 Å². The highest BCUT2D eigenvalue weighted by atomic mass is 35.5. The van der Waals surface area contributed by atoms with Crippen molar-refractivity contribution >= 4 is 23.2 Å². The highest BCUT2D eigenvalue weighted by Crippen LogP contribution is 2.32. The Bertz CT molecular complexity index is 1010. The molecule has 0 aliphatic rings. The Balaban J connectivity index is 1.64. The molecule has 0 aliphatic heterocycles. The van der Waals surface area contributed by atoms with Gasteiger partial charge in [-0.3, -0.25) is 4.79 Å². The fraction of sp³-hybridized carbons (Fsp3) is 0.200. The van der Waals surface area contributed by atoms with E-state index in [1.54, 1.807) is 37.4 Å². The maximum absolute atomic E-state index is 12.5. The van der Waals surface area contributed by atoms with Crippen LogP contribution >= 0.6 is 11.6 Å². The van der Waals surface area contributed by atoms with Crippen molar-refractivity contribution in [2.45, 2.75) is 20.3 Å². The molecule has 3 rings (SSSR count). The van der Waals surface area contributed by atoms with E-state index in [0.717, 1.165) is 0 Å². The first-order valence-corrected chi connectivity index (χ1v) is 9.27. The van der Waals surface area contributed by atoms with Gasteiger partial charge in [-0.2, -0.15) is 13.9 Å².